The largest absolute Gasteiger partial charge is 0.337 e. The number of rotatable bonds is 2. The van der Waals surface area contributed by atoms with E-state index in [-0.39, 0.29) is 29.6 Å². The highest BCUT2D eigenvalue weighted by molar-refractivity contribution is 5.83. The number of nitrogens with one attached hydrogen (secondary N) is 1. The number of hydrogen-bond donors (Lipinski definition) is 1. The Kier molecular flexibility index (Phi) is 3.27. The lowest BCUT2D eigenvalue weighted by Crippen LogP contribution is -2.52. The number of amides is 1. The van der Waals surface area contributed by atoms with Crippen molar-refractivity contribution in [3.63, 3.8) is 0 Å². The fourth-order valence-electron chi connectivity index (χ4n) is 2.93. The van der Waals surface area contributed by atoms with Gasteiger partial charge in [-0.05, 0) is 37.0 Å². The lowest BCUT2D eigenvalue weighted by molar-refractivity contribution is -0.135. The van der Waals surface area contributed by atoms with Crippen molar-refractivity contribution in [2.45, 2.75) is 25.3 Å². The smallest absolute Gasteiger partial charge is 0.226 e. The van der Waals surface area contributed by atoms with E-state index in [9.17, 15) is 9.18 Å². The maximum absolute atomic E-state index is 12.9. The van der Waals surface area contributed by atoms with Crippen molar-refractivity contribution >= 4 is 5.91 Å². The van der Waals surface area contributed by atoms with Crippen molar-refractivity contribution in [3.8, 4) is 0 Å². The highest BCUT2D eigenvalue weighted by Crippen LogP contribution is 2.48. The second kappa shape index (κ2) is 4.93. The van der Waals surface area contributed by atoms with Gasteiger partial charge in [-0.25, -0.2) is 4.39 Å². The van der Waals surface area contributed by atoms with Crippen LogP contribution in [0.15, 0.2) is 24.3 Å². The number of carbonyl (C=O) groups excluding carboxylic acids is 1. The molecule has 2 aliphatic rings. The van der Waals surface area contributed by atoms with Crippen LogP contribution in [0, 0.1) is 11.7 Å². The Labute approximate surface area is 112 Å². The monoisotopic (exact) mass is 262 g/mol. The topological polar surface area (TPSA) is 32.3 Å². The fourth-order valence-corrected chi connectivity index (χ4v) is 2.93. The van der Waals surface area contributed by atoms with Gasteiger partial charge in [0, 0.05) is 31.6 Å². The van der Waals surface area contributed by atoms with Crippen LogP contribution >= 0.6 is 0 Å². The molecule has 0 spiro atoms. The first-order chi connectivity index (χ1) is 9.16. The molecule has 0 radical (unpaired) electrons. The normalized spacial score (nSPS) is 30.2. The molecule has 4 heteroatoms. The third kappa shape index (κ3) is 2.50. The molecular formula is C15H19FN2O. The van der Waals surface area contributed by atoms with E-state index in [0.29, 0.717) is 0 Å². The van der Waals surface area contributed by atoms with E-state index >= 15 is 0 Å². The van der Waals surface area contributed by atoms with Crippen molar-refractivity contribution in [1.29, 1.82) is 0 Å². The quantitative estimate of drug-likeness (QED) is 0.880. The summed E-state index contributed by atoms with van der Waals surface area (Å²) in [5.74, 6) is 0.438. The molecule has 2 fully saturated rings. The molecule has 102 valence electrons. The standard InChI is InChI=1S/C15H19FN2O/c1-10-9-17-6-7-18(10)15(19)14-8-13(14)11-2-4-12(16)5-3-11/h2-5,10,13-14,17H,6-9H2,1H3/t10-,13?,14?/m0/s1. The van der Waals surface area contributed by atoms with Gasteiger partial charge < -0.3 is 10.2 Å². The molecule has 19 heavy (non-hydrogen) atoms. The third-order valence-electron chi connectivity index (χ3n) is 4.19. The van der Waals surface area contributed by atoms with Gasteiger partial charge in [0.05, 0.1) is 0 Å². The lowest BCUT2D eigenvalue weighted by Gasteiger charge is -2.34. The van der Waals surface area contributed by atoms with Crippen molar-refractivity contribution in [2.24, 2.45) is 5.92 Å². The molecule has 1 N–H and O–H groups in total. The first-order valence-electron chi connectivity index (χ1n) is 6.93. The average molecular weight is 262 g/mol. The highest BCUT2D eigenvalue weighted by Gasteiger charge is 2.46. The van der Waals surface area contributed by atoms with Crippen LogP contribution in [-0.4, -0.2) is 36.5 Å². The van der Waals surface area contributed by atoms with Gasteiger partial charge in [-0.15, -0.1) is 0 Å². The van der Waals surface area contributed by atoms with Crippen molar-refractivity contribution in [3.05, 3.63) is 35.6 Å². The van der Waals surface area contributed by atoms with Crippen molar-refractivity contribution in [1.82, 2.24) is 10.2 Å². The number of nitrogens with zero attached hydrogens (tertiary/aromatic N) is 1. The maximum atomic E-state index is 12.9. The summed E-state index contributed by atoms with van der Waals surface area (Å²) in [5, 5.41) is 3.29. The average Bonchev–Trinajstić information content (AvgIpc) is 3.20. The number of piperazine rings is 1. The molecule has 1 aromatic carbocycles. The SMILES string of the molecule is C[C@H]1CNCCN1C(=O)C1CC1c1ccc(F)cc1. The molecule has 0 bridgehead atoms. The van der Waals surface area contributed by atoms with E-state index in [2.05, 4.69) is 12.2 Å². The van der Waals surface area contributed by atoms with E-state index in [1.807, 2.05) is 4.90 Å². The van der Waals surface area contributed by atoms with Crippen LogP contribution < -0.4 is 5.32 Å². The molecule has 3 rings (SSSR count). The predicted molar refractivity (Wildman–Crippen MR) is 71.3 cm³/mol. The van der Waals surface area contributed by atoms with E-state index in [1.54, 1.807) is 12.1 Å². The van der Waals surface area contributed by atoms with E-state index in [4.69, 9.17) is 0 Å². The van der Waals surface area contributed by atoms with Crippen LogP contribution in [0.25, 0.3) is 0 Å². The maximum Gasteiger partial charge on any atom is 0.226 e. The van der Waals surface area contributed by atoms with Crippen LogP contribution in [0.5, 0.6) is 0 Å². The Hall–Kier alpha value is -1.42. The van der Waals surface area contributed by atoms with E-state index < -0.39 is 0 Å². The van der Waals surface area contributed by atoms with Gasteiger partial charge in [0.2, 0.25) is 5.91 Å². The molecule has 1 saturated heterocycles. The summed E-state index contributed by atoms with van der Waals surface area (Å²) in [5.41, 5.74) is 1.09. The molecule has 2 unspecified atom stereocenters. The first kappa shape index (κ1) is 12.6. The van der Waals surface area contributed by atoms with Crippen LogP contribution in [0.4, 0.5) is 4.39 Å². The predicted octanol–water partition coefficient (Wildman–Crippen LogP) is 1.75. The van der Waals surface area contributed by atoms with Gasteiger partial charge in [-0.3, -0.25) is 4.79 Å². The minimum absolute atomic E-state index is 0.103. The Morgan fingerprint density at radius 1 is 1.37 bits per heavy atom. The number of halogens is 1. The summed E-state index contributed by atoms with van der Waals surface area (Å²) in [6.45, 7) is 4.63. The molecule has 1 saturated carbocycles. The summed E-state index contributed by atoms with van der Waals surface area (Å²) < 4.78 is 12.9. The van der Waals surface area contributed by atoms with Crippen LogP contribution in [0.2, 0.25) is 0 Å². The summed E-state index contributed by atoms with van der Waals surface area (Å²) >= 11 is 0. The number of carbonyl (C=O) groups is 1. The molecule has 1 heterocycles. The molecule has 3 nitrogen and oxygen atoms in total. The first-order valence-corrected chi connectivity index (χ1v) is 6.93. The van der Waals surface area contributed by atoms with E-state index in [1.165, 1.54) is 12.1 Å². The summed E-state index contributed by atoms with van der Waals surface area (Å²) in [4.78, 5) is 14.4. The van der Waals surface area contributed by atoms with Crippen molar-refractivity contribution < 1.29 is 9.18 Å². The Bertz CT molecular complexity index is 474. The molecular weight excluding hydrogens is 243 g/mol. The summed E-state index contributed by atoms with van der Waals surface area (Å²) in [6, 6.07) is 6.82. The second-order valence-electron chi connectivity index (χ2n) is 5.59. The van der Waals surface area contributed by atoms with Crippen molar-refractivity contribution in [2.75, 3.05) is 19.6 Å². The molecule has 1 aliphatic carbocycles. The molecule has 3 atom stereocenters. The molecule has 0 aromatic heterocycles. The van der Waals surface area contributed by atoms with Gasteiger partial charge in [0.1, 0.15) is 5.82 Å². The Balaban J connectivity index is 1.65. The summed E-state index contributed by atoms with van der Waals surface area (Å²) in [6.07, 6.45) is 0.904. The Morgan fingerprint density at radius 3 is 2.79 bits per heavy atom. The zero-order chi connectivity index (χ0) is 13.4. The number of benzene rings is 1. The molecule has 1 aromatic rings. The lowest BCUT2D eigenvalue weighted by atomic mass is 10.1. The highest BCUT2D eigenvalue weighted by atomic mass is 19.1. The van der Waals surface area contributed by atoms with Gasteiger partial charge in [0.25, 0.3) is 0 Å². The summed E-state index contributed by atoms with van der Waals surface area (Å²) in [7, 11) is 0. The number of hydrogen-bond acceptors (Lipinski definition) is 2. The Morgan fingerprint density at radius 2 is 2.11 bits per heavy atom. The zero-order valence-corrected chi connectivity index (χ0v) is 11.1. The van der Waals surface area contributed by atoms with Gasteiger partial charge in [0.15, 0.2) is 0 Å². The van der Waals surface area contributed by atoms with E-state index in [0.717, 1.165) is 31.6 Å². The molecule has 1 aliphatic heterocycles. The minimum Gasteiger partial charge on any atom is -0.337 e. The van der Waals surface area contributed by atoms with Gasteiger partial charge >= 0.3 is 0 Å². The minimum atomic E-state index is -0.219. The third-order valence-corrected chi connectivity index (χ3v) is 4.19. The van der Waals surface area contributed by atoms with Crippen LogP contribution in [0.3, 0.4) is 0 Å². The van der Waals surface area contributed by atoms with Crippen LogP contribution in [-0.2, 0) is 4.79 Å². The van der Waals surface area contributed by atoms with Crippen LogP contribution in [0.1, 0.15) is 24.8 Å². The zero-order valence-electron chi connectivity index (χ0n) is 11.1. The molecule has 1 amide bonds. The van der Waals surface area contributed by atoms with Gasteiger partial charge in [-0.1, -0.05) is 12.1 Å². The second-order valence-corrected chi connectivity index (χ2v) is 5.59. The van der Waals surface area contributed by atoms with Gasteiger partial charge in [-0.2, -0.15) is 0 Å². The fraction of sp³-hybridized carbons (Fsp3) is 0.533.